The molecule has 1 unspecified atom stereocenters. The second-order valence-corrected chi connectivity index (χ2v) is 6.64. The smallest absolute Gasteiger partial charge is 0.255 e. The SMILES string of the molecule is CC1(O)CCOC2(CCN(C(=O)c3cncc(F)c3)CC2)C1. The molecule has 0 bridgehead atoms. The lowest BCUT2D eigenvalue weighted by Gasteiger charge is -2.48. The number of pyridine rings is 1. The predicted octanol–water partition coefficient (Wildman–Crippen LogP) is 1.76. The molecule has 1 atom stereocenters. The first-order chi connectivity index (χ1) is 10.4. The Hall–Kier alpha value is -1.53. The van der Waals surface area contributed by atoms with Crippen molar-refractivity contribution in [1.29, 1.82) is 0 Å². The normalized spacial score (nSPS) is 27.9. The number of amides is 1. The molecule has 6 heteroatoms. The first kappa shape index (κ1) is 15.4. The van der Waals surface area contributed by atoms with E-state index in [0.29, 0.717) is 45.4 Å². The van der Waals surface area contributed by atoms with Crippen LogP contribution in [0.4, 0.5) is 4.39 Å². The molecule has 0 aliphatic carbocycles. The van der Waals surface area contributed by atoms with Crippen molar-refractivity contribution in [2.24, 2.45) is 0 Å². The Morgan fingerprint density at radius 2 is 2.09 bits per heavy atom. The Bertz CT molecular complexity index is 568. The summed E-state index contributed by atoms with van der Waals surface area (Å²) in [6.07, 6.45) is 5.10. The summed E-state index contributed by atoms with van der Waals surface area (Å²) >= 11 is 0. The van der Waals surface area contributed by atoms with Gasteiger partial charge in [0.15, 0.2) is 0 Å². The number of likely N-dealkylation sites (tertiary alicyclic amines) is 1. The highest BCUT2D eigenvalue weighted by atomic mass is 19.1. The molecule has 3 rings (SSSR count). The molecule has 2 aliphatic heterocycles. The number of nitrogens with zero attached hydrogens (tertiary/aromatic N) is 2. The summed E-state index contributed by atoms with van der Waals surface area (Å²) in [7, 11) is 0. The van der Waals surface area contributed by atoms with Crippen LogP contribution in [-0.4, -0.2) is 51.8 Å². The summed E-state index contributed by atoms with van der Waals surface area (Å²) < 4.78 is 19.1. The van der Waals surface area contributed by atoms with Crippen LogP contribution in [0.3, 0.4) is 0 Å². The summed E-state index contributed by atoms with van der Waals surface area (Å²) in [6.45, 7) is 3.48. The molecule has 1 spiro atoms. The van der Waals surface area contributed by atoms with Crippen LogP contribution in [0.25, 0.3) is 0 Å². The standard InChI is InChI=1S/C16H21FN2O3/c1-15(21)4-7-22-16(11-15)2-5-19(6-3-16)14(20)12-8-13(17)10-18-9-12/h8-10,21H,2-7,11H2,1H3. The second kappa shape index (κ2) is 5.59. The van der Waals surface area contributed by atoms with Crippen molar-refractivity contribution in [2.75, 3.05) is 19.7 Å². The van der Waals surface area contributed by atoms with Gasteiger partial charge >= 0.3 is 0 Å². The number of hydrogen-bond acceptors (Lipinski definition) is 4. The van der Waals surface area contributed by atoms with Gasteiger partial charge in [-0.2, -0.15) is 0 Å². The molecular weight excluding hydrogens is 287 g/mol. The van der Waals surface area contributed by atoms with E-state index in [1.807, 2.05) is 6.92 Å². The lowest BCUT2D eigenvalue weighted by Crippen LogP contribution is -2.54. The van der Waals surface area contributed by atoms with Crippen molar-refractivity contribution >= 4 is 5.91 Å². The van der Waals surface area contributed by atoms with Gasteiger partial charge in [0.25, 0.3) is 5.91 Å². The summed E-state index contributed by atoms with van der Waals surface area (Å²) in [5, 5.41) is 10.3. The summed E-state index contributed by atoms with van der Waals surface area (Å²) in [4.78, 5) is 17.8. The monoisotopic (exact) mass is 308 g/mol. The zero-order valence-electron chi connectivity index (χ0n) is 12.7. The zero-order chi connectivity index (χ0) is 15.8. The summed E-state index contributed by atoms with van der Waals surface area (Å²) in [5.41, 5.74) is -0.761. The van der Waals surface area contributed by atoms with E-state index in [-0.39, 0.29) is 17.1 Å². The van der Waals surface area contributed by atoms with Gasteiger partial charge in [0.1, 0.15) is 5.82 Å². The van der Waals surface area contributed by atoms with Crippen LogP contribution in [-0.2, 0) is 4.74 Å². The van der Waals surface area contributed by atoms with Gasteiger partial charge < -0.3 is 14.7 Å². The molecule has 2 saturated heterocycles. The lowest BCUT2D eigenvalue weighted by atomic mass is 9.78. The summed E-state index contributed by atoms with van der Waals surface area (Å²) in [6, 6.07) is 1.21. The van der Waals surface area contributed by atoms with Gasteiger partial charge in [-0.25, -0.2) is 4.39 Å². The Morgan fingerprint density at radius 1 is 1.36 bits per heavy atom. The number of hydrogen-bond donors (Lipinski definition) is 1. The van der Waals surface area contributed by atoms with Crippen LogP contribution >= 0.6 is 0 Å². The number of aromatic nitrogens is 1. The molecule has 1 aromatic rings. The van der Waals surface area contributed by atoms with E-state index in [4.69, 9.17) is 4.74 Å². The molecule has 0 saturated carbocycles. The molecule has 22 heavy (non-hydrogen) atoms. The molecule has 0 radical (unpaired) electrons. The van der Waals surface area contributed by atoms with Gasteiger partial charge in [-0.05, 0) is 32.3 Å². The minimum Gasteiger partial charge on any atom is -0.390 e. The maximum absolute atomic E-state index is 13.2. The largest absolute Gasteiger partial charge is 0.390 e. The third-order valence-corrected chi connectivity index (χ3v) is 4.67. The molecule has 0 aromatic carbocycles. The van der Waals surface area contributed by atoms with E-state index in [2.05, 4.69) is 4.98 Å². The van der Waals surface area contributed by atoms with E-state index in [1.165, 1.54) is 12.3 Å². The molecule has 2 aliphatic rings. The fourth-order valence-electron chi connectivity index (χ4n) is 3.47. The molecule has 1 amide bonds. The number of ether oxygens (including phenoxy) is 1. The van der Waals surface area contributed by atoms with Crippen LogP contribution in [0.2, 0.25) is 0 Å². The number of aliphatic hydroxyl groups is 1. The van der Waals surface area contributed by atoms with Crippen molar-refractivity contribution in [1.82, 2.24) is 9.88 Å². The summed E-state index contributed by atoms with van der Waals surface area (Å²) in [5.74, 6) is -0.713. The topological polar surface area (TPSA) is 62.7 Å². The van der Waals surface area contributed by atoms with Crippen molar-refractivity contribution in [3.63, 3.8) is 0 Å². The van der Waals surface area contributed by atoms with Gasteiger partial charge in [0.2, 0.25) is 0 Å². The van der Waals surface area contributed by atoms with Crippen LogP contribution in [0, 0.1) is 5.82 Å². The van der Waals surface area contributed by atoms with E-state index < -0.39 is 11.4 Å². The molecular formula is C16H21FN2O3. The second-order valence-electron chi connectivity index (χ2n) is 6.64. The van der Waals surface area contributed by atoms with Crippen LogP contribution in [0.15, 0.2) is 18.5 Å². The minimum atomic E-state index is -0.698. The number of carbonyl (C=O) groups is 1. The van der Waals surface area contributed by atoms with Crippen LogP contribution < -0.4 is 0 Å². The van der Waals surface area contributed by atoms with Crippen LogP contribution in [0.1, 0.15) is 43.0 Å². The Kier molecular flexibility index (Phi) is 3.91. The quantitative estimate of drug-likeness (QED) is 0.858. The van der Waals surface area contributed by atoms with Gasteiger partial charge in [-0.1, -0.05) is 0 Å². The molecule has 120 valence electrons. The number of piperidine rings is 1. The number of carbonyl (C=O) groups excluding carboxylic acids is 1. The minimum absolute atomic E-state index is 0.204. The highest BCUT2D eigenvalue weighted by Crippen LogP contribution is 2.39. The van der Waals surface area contributed by atoms with Gasteiger partial charge in [-0.15, -0.1) is 0 Å². The molecule has 3 heterocycles. The van der Waals surface area contributed by atoms with E-state index in [9.17, 15) is 14.3 Å². The fourth-order valence-corrected chi connectivity index (χ4v) is 3.47. The van der Waals surface area contributed by atoms with E-state index >= 15 is 0 Å². The maximum atomic E-state index is 13.2. The average Bonchev–Trinajstić information content (AvgIpc) is 2.46. The average molecular weight is 308 g/mol. The third-order valence-electron chi connectivity index (χ3n) is 4.67. The number of rotatable bonds is 1. The first-order valence-corrected chi connectivity index (χ1v) is 7.65. The lowest BCUT2D eigenvalue weighted by molar-refractivity contribution is -0.170. The zero-order valence-corrected chi connectivity index (χ0v) is 12.7. The van der Waals surface area contributed by atoms with Crippen molar-refractivity contribution in [2.45, 2.75) is 43.8 Å². The molecule has 1 aromatic heterocycles. The highest BCUT2D eigenvalue weighted by molar-refractivity contribution is 5.94. The first-order valence-electron chi connectivity index (χ1n) is 7.65. The molecule has 2 fully saturated rings. The van der Waals surface area contributed by atoms with Gasteiger partial charge in [-0.3, -0.25) is 9.78 Å². The van der Waals surface area contributed by atoms with Crippen molar-refractivity contribution < 1.29 is 19.0 Å². The highest BCUT2D eigenvalue weighted by Gasteiger charge is 2.44. The van der Waals surface area contributed by atoms with Gasteiger partial charge in [0.05, 0.1) is 29.6 Å². The van der Waals surface area contributed by atoms with Gasteiger partial charge in [0, 0.05) is 25.7 Å². The maximum Gasteiger partial charge on any atom is 0.255 e. The number of halogens is 1. The predicted molar refractivity (Wildman–Crippen MR) is 77.9 cm³/mol. The van der Waals surface area contributed by atoms with Crippen molar-refractivity contribution in [3.05, 3.63) is 29.8 Å². The van der Waals surface area contributed by atoms with Crippen molar-refractivity contribution in [3.8, 4) is 0 Å². The Morgan fingerprint density at radius 3 is 2.73 bits per heavy atom. The Labute approximate surface area is 129 Å². The van der Waals surface area contributed by atoms with E-state index in [0.717, 1.165) is 6.20 Å². The molecule has 1 N–H and O–H groups in total. The van der Waals surface area contributed by atoms with Crippen LogP contribution in [0.5, 0.6) is 0 Å². The molecule has 5 nitrogen and oxygen atoms in total. The Balaban J connectivity index is 1.65. The third kappa shape index (κ3) is 3.13. The van der Waals surface area contributed by atoms with E-state index in [1.54, 1.807) is 4.90 Å². The fraction of sp³-hybridized carbons (Fsp3) is 0.625.